The van der Waals surface area contributed by atoms with Crippen molar-refractivity contribution < 1.29 is 18.0 Å². The number of carbonyl (C=O) groups is 1. The van der Waals surface area contributed by atoms with E-state index in [0.29, 0.717) is 19.0 Å². The molecular formula is C18H24F3N3O. The highest BCUT2D eigenvalue weighted by atomic mass is 19.4. The molecule has 1 amide bonds. The fourth-order valence-electron chi connectivity index (χ4n) is 3.96. The molecule has 138 valence electrons. The van der Waals surface area contributed by atoms with Crippen LogP contribution in [0.5, 0.6) is 0 Å². The molecular weight excluding hydrogens is 331 g/mol. The number of hydrogen-bond donors (Lipinski definition) is 0. The predicted octanol–water partition coefficient (Wildman–Crippen LogP) is 3.44. The van der Waals surface area contributed by atoms with Crippen LogP contribution in [0.3, 0.4) is 0 Å². The molecule has 3 heterocycles. The molecule has 0 aliphatic carbocycles. The second-order valence-corrected chi connectivity index (χ2v) is 7.57. The molecule has 7 heteroatoms. The van der Waals surface area contributed by atoms with Gasteiger partial charge in [-0.15, -0.1) is 0 Å². The van der Waals surface area contributed by atoms with Crippen molar-refractivity contribution in [1.29, 1.82) is 0 Å². The lowest BCUT2D eigenvalue weighted by molar-refractivity contribution is -0.141. The summed E-state index contributed by atoms with van der Waals surface area (Å²) in [6.07, 6.45) is -0.496. The van der Waals surface area contributed by atoms with Gasteiger partial charge in [0.2, 0.25) is 0 Å². The van der Waals surface area contributed by atoms with Crippen LogP contribution in [0.25, 0.3) is 0 Å². The Labute approximate surface area is 146 Å². The number of piperidine rings is 1. The predicted molar refractivity (Wildman–Crippen MR) is 88.1 cm³/mol. The third kappa shape index (κ3) is 3.66. The maximum Gasteiger partial charge on any atom is 0.433 e. The third-order valence-corrected chi connectivity index (χ3v) is 5.24. The van der Waals surface area contributed by atoms with Crippen LogP contribution < -0.4 is 0 Å². The highest BCUT2D eigenvalue weighted by molar-refractivity contribution is 5.94. The Morgan fingerprint density at radius 1 is 1.32 bits per heavy atom. The van der Waals surface area contributed by atoms with E-state index >= 15 is 0 Å². The van der Waals surface area contributed by atoms with E-state index in [0.717, 1.165) is 44.6 Å². The molecule has 1 atom stereocenters. The number of rotatable bonds is 3. The van der Waals surface area contributed by atoms with Crippen molar-refractivity contribution in [3.8, 4) is 0 Å². The quantitative estimate of drug-likeness (QED) is 0.833. The minimum absolute atomic E-state index is 0.0120. The molecule has 25 heavy (non-hydrogen) atoms. The van der Waals surface area contributed by atoms with Gasteiger partial charge >= 0.3 is 6.18 Å². The average molecular weight is 355 g/mol. The number of carbonyl (C=O) groups excluding carboxylic acids is 1. The number of hydrogen-bond acceptors (Lipinski definition) is 3. The van der Waals surface area contributed by atoms with Crippen molar-refractivity contribution in [2.45, 2.75) is 44.8 Å². The number of nitrogens with zero attached hydrogens (tertiary/aromatic N) is 3. The molecule has 2 aliphatic rings. The van der Waals surface area contributed by atoms with Crippen molar-refractivity contribution >= 4 is 5.91 Å². The molecule has 2 aliphatic heterocycles. The van der Waals surface area contributed by atoms with Crippen LogP contribution in [0.4, 0.5) is 13.2 Å². The van der Waals surface area contributed by atoms with Crippen LogP contribution in [-0.2, 0) is 6.18 Å². The van der Waals surface area contributed by atoms with Gasteiger partial charge in [-0.25, -0.2) is 0 Å². The van der Waals surface area contributed by atoms with Crippen molar-refractivity contribution in [3.05, 3.63) is 29.6 Å². The molecule has 0 aromatic carbocycles. The molecule has 1 aromatic heterocycles. The van der Waals surface area contributed by atoms with Gasteiger partial charge in [0, 0.05) is 43.5 Å². The van der Waals surface area contributed by atoms with Gasteiger partial charge in [-0.2, -0.15) is 13.2 Å². The Hall–Kier alpha value is -1.63. The van der Waals surface area contributed by atoms with Gasteiger partial charge in [0.05, 0.1) is 0 Å². The maximum absolute atomic E-state index is 12.8. The summed E-state index contributed by atoms with van der Waals surface area (Å²) < 4.78 is 38.5. The molecule has 0 saturated carbocycles. The highest BCUT2D eigenvalue weighted by Gasteiger charge is 2.48. The summed E-state index contributed by atoms with van der Waals surface area (Å²) in [7, 11) is 0. The smallest absolute Gasteiger partial charge is 0.337 e. The van der Waals surface area contributed by atoms with Crippen molar-refractivity contribution in [2.75, 3.05) is 26.2 Å². The average Bonchev–Trinajstić information content (AvgIpc) is 2.57. The number of pyridine rings is 1. The molecule has 1 unspecified atom stereocenters. The van der Waals surface area contributed by atoms with Crippen LogP contribution >= 0.6 is 0 Å². The molecule has 0 bridgehead atoms. The zero-order valence-corrected chi connectivity index (χ0v) is 14.6. The van der Waals surface area contributed by atoms with Crippen molar-refractivity contribution in [3.63, 3.8) is 0 Å². The van der Waals surface area contributed by atoms with E-state index < -0.39 is 11.9 Å². The molecule has 1 spiro atoms. The molecule has 0 N–H and O–H groups in total. The first-order valence-corrected chi connectivity index (χ1v) is 8.79. The lowest BCUT2D eigenvalue weighted by Gasteiger charge is -2.57. The number of likely N-dealkylation sites (tertiary alicyclic amines) is 2. The van der Waals surface area contributed by atoms with Gasteiger partial charge in [0.15, 0.2) is 0 Å². The van der Waals surface area contributed by atoms with Crippen molar-refractivity contribution in [2.24, 2.45) is 5.92 Å². The second-order valence-electron chi connectivity index (χ2n) is 7.57. The van der Waals surface area contributed by atoms with Crippen molar-refractivity contribution in [1.82, 2.24) is 14.8 Å². The van der Waals surface area contributed by atoms with Gasteiger partial charge in [0.25, 0.3) is 5.91 Å². The summed E-state index contributed by atoms with van der Waals surface area (Å²) in [6, 6.07) is 2.22. The normalized spacial score (nSPS) is 24.6. The highest BCUT2D eigenvalue weighted by Crippen LogP contribution is 2.39. The number of alkyl halides is 3. The monoisotopic (exact) mass is 355 g/mol. The van der Waals surface area contributed by atoms with E-state index in [1.807, 2.05) is 0 Å². The molecule has 0 radical (unpaired) electrons. The number of aromatic nitrogens is 1. The Morgan fingerprint density at radius 2 is 2.08 bits per heavy atom. The van der Waals surface area contributed by atoms with E-state index in [9.17, 15) is 18.0 Å². The lowest BCUT2D eigenvalue weighted by Crippen LogP contribution is -2.67. The Kier molecular flexibility index (Phi) is 4.79. The summed E-state index contributed by atoms with van der Waals surface area (Å²) >= 11 is 0. The largest absolute Gasteiger partial charge is 0.433 e. The fraction of sp³-hybridized carbons (Fsp3) is 0.667. The summed E-state index contributed by atoms with van der Waals surface area (Å²) in [5.74, 6) is 0.223. The van der Waals surface area contributed by atoms with Gasteiger partial charge < -0.3 is 4.90 Å². The standard InChI is InChI=1S/C18H24F3N3O/c1-13(2)11-24-9-6-17(24)5-3-8-23(12-17)16(25)14-4-7-22-15(10-14)18(19,20)21/h4,7,10,13H,3,5-6,8-9,11-12H2,1-2H3. The maximum atomic E-state index is 12.8. The summed E-state index contributed by atoms with van der Waals surface area (Å²) in [4.78, 5) is 20.2. The van der Waals surface area contributed by atoms with Gasteiger partial charge in [-0.1, -0.05) is 13.8 Å². The zero-order valence-electron chi connectivity index (χ0n) is 14.6. The first-order chi connectivity index (χ1) is 11.7. The molecule has 2 fully saturated rings. The van der Waals surface area contributed by atoms with E-state index in [4.69, 9.17) is 0 Å². The number of amides is 1. The van der Waals surface area contributed by atoms with Gasteiger partial charge in [0.1, 0.15) is 5.69 Å². The van der Waals surface area contributed by atoms with E-state index in [1.165, 1.54) is 6.07 Å². The lowest BCUT2D eigenvalue weighted by atomic mass is 9.77. The minimum atomic E-state index is -4.54. The van der Waals surface area contributed by atoms with E-state index in [2.05, 4.69) is 23.7 Å². The molecule has 3 rings (SSSR count). The first kappa shape index (κ1) is 18.2. The summed E-state index contributed by atoms with van der Waals surface area (Å²) in [6.45, 7) is 7.58. The zero-order chi connectivity index (χ0) is 18.2. The second kappa shape index (κ2) is 6.59. The topological polar surface area (TPSA) is 36.4 Å². The minimum Gasteiger partial charge on any atom is -0.337 e. The Balaban J connectivity index is 1.75. The van der Waals surface area contributed by atoms with Gasteiger partial charge in [-0.3, -0.25) is 14.7 Å². The Bertz CT molecular complexity index is 647. The van der Waals surface area contributed by atoms with Crippen LogP contribution in [0.1, 0.15) is 49.2 Å². The van der Waals surface area contributed by atoms with Gasteiger partial charge in [-0.05, 0) is 37.3 Å². The summed E-state index contributed by atoms with van der Waals surface area (Å²) in [5, 5.41) is 0. The summed E-state index contributed by atoms with van der Waals surface area (Å²) in [5.41, 5.74) is -0.942. The SMILES string of the molecule is CC(C)CN1CCC12CCCN(C(=O)c1ccnc(C(F)(F)F)c1)C2. The molecule has 1 aromatic rings. The van der Waals surface area contributed by atoms with Crippen LogP contribution in [-0.4, -0.2) is 52.4 Å². The molecule has 2 saturated heterocycles. The number of halogens is 3. The van der Waals surface area contributed by atoms with Crippen LogP contribution in [0, 0.1) is 5.92 Å². The molecule has 4 nitrogen and oxygen atoms in total. The fourth-order valence-corrected chi connectivity index (χ4v) is 3.96. The van der Waals surface area contributed by atoms with Crippen LogP contribution in [0.15, 0.2) is 18.3 Å². The third-order valence-electron chi connectivity index (χ3n) is 5.24. The first-order valence-electron chi connectivity index (χ1n) is 8.79. The van der Waals surface area contributed by atoms with E-state index in [-0.39, 0.29) is 17.0 Å². The van der Waals surface area contributed by atoms with E-state index in [1.54, 1.807) is 4.90 Å². The van der Waals surface area contributed by atoms with Crippen LogP contribution in [0.2, 0.25) is 0 Å². The Morgan fingerprint density at radius 3 is 2.68 bits per heavy atom.